The summed E-state index contributed by atoms with van der Waals surface area (Å²) in [5.74, 6) is -0.0714. The molecule has 1 fully saturated rings. The van der Waals surface area contributed by atoms with E-state index in [1.165, 1.54) is 0 Å². The molecule has 2 aromatic rings. The molecule has 0 spiro atoms. The first-order valence-electron chi connectivity index (χ1n) is 6.05. The highest BCUT2D eigenvalue weighted by molar-refractivity contribution is 7.07. The summed E-state index contributed by atoms with van der Waals surface area (Å²) in [6, 6.07) is 5.60. The molecule has 0 radical (unpaired) electrons. The highest BCUT2D eigenvalue weighted by Gasteiger charge is 2.33. The van der Waals surface area contributed by atoms with Crippen LogP contribution in [0.3, 0.4) is 0 Å². The maximum absolute atomic E-state index is 12.4. The van der Waals surface area contributed by atoms with Gasteiger partial charge in [0.15, 0.2) is 10.8 Å². The molecule has 1 aliphatic rings. The van der Waals surface area contributed by atoms with E-state index in [1.807, 2.05) is 16.3 Å². The van der Waals surface area contributed by atoms with Crippen molar-refractivity contribution in [2.75, 3.05) is 0 Å². The Hall–Kier alpha value is -1.46. The van der Waals surface area contributed by atoms with E-state index in [1.54, 1.807) is 23.5 Å². The second-order valence-corrected chi connectivity index (χ2v) is 5.70. The smallest absolute Gasteiger partial charge is 0.274 e. The molecule has 19 heavy (non-hydrogen) atoms. The zero-order valence-electron chi connectivity index (χ0n) is 10.1. The van der Waals surface area contributed by atoms with Gasteiger partial charge in [-0.25, -0.2) is 0 Å². The molecule has 2 aromatic heterocycles. The quantitative estimate of drug-likeness (QED) is 0.870. The van der Waals surface area contributed by atoms with Gasteiger partial charge in [-0.1, -0.05) is 11.6 Å². The lowest BCUT2D eigenvalue weighted by atomic mass is 10.2. The normalized spacial score (nSPS) is 14.4. The second-order valence-electron chi connectivity index (χ2n) is 4.54. The fourth-order valence-electron chi connectivity index (χ4n) is 1.91. The first kappa shape index (κ1) is 12.6. The molecule has 0 bridgehead atoms. The van der Waals surface area contributed by atoms with Gasteiger partial charge >= 0.3 is 0 Å². The van der Waals surface area contributed by atoms with Crippen LogP contribution in [0.5, 0.6) is 0 Å². The highest BCUT2D eigenvalue weighted by Crippen LogP contribution is 2.29. The van der Waals surface area contributed by atoms with Crippen LogP contribution >= 0.6 is 22.9 Å². The van der Waals surface area contributed by atoms with E-state index in [9.17, 15) is 4.79 Å². The van der Waals surface area contributed by atoms with Gasteiger partial charge in [0.25, 0.3) is 5.91 Å². The van der Waals surface area contributed by atoms with Crippen molar-refractivity contribution in [2.24, 2.45) is 0 Å². The van der Waals surface area contributed by atoms with Crippen LogP contribution < -0.4 is 0 Å². The highest BCUT2D eigenvalue weighted by atomic mass is 35.5. The van der Waals surface area contributed by atoms with Gasteiger partial charge in [0.1, 0.15) is 0 Å². The van der Waals surface area contributed by atoms with Gasteiger partial charge in [0, 0.05) is 12.6 Å². The van der Waals surface area contributed by atoms with Crippen molar-refractivity contribution in [2.45, 2.75) is 25.4 Å². The summed E-state index contributed by atoms with van der Waals surface area (Å²) >= 11 is 7.33. The molecule has 1 saturated carbocycles. The number of carbonyl (C=O) groups is 1. The van der Waals surface area contributed by atoms with Crippen LogP contribution in [-0.2, 0) is 6.54 Å². The number of halogens is 1. The van der Waals surface area contributed by atoms with E-state index in [4.69, 9.17) is 11.6 Å². The summed E-state index contributed by atoms with van der Waals surface area (Å²) in [7, 11) is 0. The van der Waals surface area contributed by atoms with Crippen molar-refractivity contribution < 1.29 is 4.79 Å². The molecule has 0 saturated heterocycles. The summed E-state index contributed by atoms with van der Waals surface area (Å²) in [6.45, 7) is 0.636. The van der Waals surface area contributed by atoms with Crippen molar-refractivity contribution in [3.63, 3.8) is 0 Å². The lowest BCUT2D eigenvalue weighted by molar-refractivity contribution is 0.0723. The number of aromatic nitrogens is 2. The predicted octanol–water partition coefficient (Wildman–Crippen LogP) is 3.00. The summed E-state index contributed by atoms with van der Waals surface area (Å²) in [6.07, 6.45) is 2.13. The minimum atomic E-state index is -0.0714. The van der Waals surface area contributed by atoms with Gasteiger partial charge in [-0.05, 0) is 47.4 Å². The van der Waals surface area contributed by atoms with Crippen LogP contribution in [0, 0.1) is 0 Å². The van der Waals surface area contributed by atoms with E-state index < -0.39 is 0 Å². The summed E-state index contributed by atoms with van der Waals surface area (Å²) in [4.78, 5) is 14.3. The maximum Gasteiger partial charge on any atom is 0.274 e. The number of carbonyl (C=O) groups excluding carboxylic acids is 1. The molecule has 1 amide bonds. The average molecular weight is 294 g/mol. The molecule has 4 nitrogen and oxygen atoms in total. The fourth-order valence-corrected chi connectivity index (χ4v) is 2.67. The number of nitrogens with zero attached hydrogens (tertiary/aromatic N) is 3. The molecule has 6 heteroatoms. The van der Waals surface area contributed by atoms with E-state index in [0.717, 1.165) is 18.4 Å². The second kappa shape index (κ2) is 5.27. The number of amides is 1. The minimum absolute atomic E-state index is 0.0714. The van der Waals surface area contributed by atoms with Crippen LogP contribution in [0.15, 0.2) is 29.0 Å². The predicted molar refractivity (Wildman–Crippen MR) is 74.3 cm³/mol. The first-order valence-corrected chi connectivity index (χ1v) is 7.37. The number of rotatable bonds is 4. The van der Waals surface area contributed by atoms with Crippen molar-refractivity contribution in [1.82, 2.24) is 15.1 Å². The zero-order valence-corrected chi connectivity index (χ0v) is 11.7. The Balaban J connectivity index is 1.79. The third-order valence-corrected chi connectivity index (χ3v) is 3.97. The van der Waals surface area contributed by atoms with Crippen LogP contribution in [0.2, 0.25) is 5.15 Å². The average Bonchev–Trinajstić information content (AvgIpc) is 3.13. The van der Waals surface area contributed by atoms with Gasteiger partial charge in [-0.2, -0.15) is 11.3 Å². The maximum atomic E-state index is 12.4. The van der Waals surface area contributed by atoms with Crippen molar-refractivity contribution >= 4 is 28.8 Å². The first-order chi connectivity index (χ1) is 9.24. The summed E-state index contributed by atoms with van der Waals surface area (Å²) in [5.41, 5.74) is 1.51. The number of hydrogen-bond donors (Lipinski definition) is 0. The third kappa shape index (κ3) is 2.93. The van der Waals surface area contributed by atoms with Gasteiger partial charge in [0.05, 0.1) is 0 Å². The Labute approximate surface area is 120 Å². The molecular formula is C13H12ClN3OS. The Morgan fingerprint density at radius 1 is 1.37 bits per heavy atom. The lowest BCUT2D eigenvalue weighted by Crippen LogP contribution is -2.33. The van der Waals surface area contributed by atoms with E-state index >= 15 is 0 Å². The Morgan fingerprint density at radius 3 is 2.79 bits per heavy atom. The minimum Gasteiger partial charge on any atom is -0.330 e. The van der Waals surface area contributed by atoms with Crippen molar-refractivity contribution in [3.8, 4) is 0 Å². The molecule has 0 atom stereocenters. The number of thiophene rings is 1. The molecular weight excluding hydrogens is 282 g/mol. The van der Waals surface area contributed by atoms with Gasteiger partial charge in [0.2, 0.25) is 0 Å². The molecule has 1 aliphatic carbocycles. The monoisotopic (exact) mass is 293 g/mol. The third-order valence-electron chi connectivity index (χ3n) is 3.03. The van der Waals surface area contributed by atoms with Crippen LogP contribution in [-0.4, -0.2) is 27.0 Å². The topological polar surface area (TPSA) is 46.1 Å². The van der Waals surface area contributed by atoms with Crippen molar-refractivity contribution in [3.05, 3.63) is 45.4 Å². The van der Waals surface area contributed by atoms with E-state index in [0.29, 0.717) is 23.4 Å². The molecule has 0 aliphatic heterocycles. The van der Waals surface area contributed by atoms with E-state index in [2.05, 4.69) is 15.6 Å². The Morgan fingerprint density at radius 2 is 2.21 bits per heavy atom. The molecule has 0 aromatic carbocycles. The van der Waals surface area contributed by atoms with Crippen molar-refractivity contribution in [1.29, 1.82) is 0 Å². The largest absolute Gasteiger partial charge is 0.330 e. The standard InChI is InChI=1S/C13H12ClN3OS/c14-12-4-3-11(15-16-12)13(18)17(10-1-2-10)7-9-5-6-19-8-9/h3-6,8,10H,1-2,7H2. The molecule has 3 rings (SSSR count). The molecule has 98 valence electrons. The molecule has 2 heterocycles. The van der Waals surface area contributed by atoms with Crippen LogP contribution in [0.25, 0.3) is 0 Å². The van der Waals surface area contributed by atoms with Crippen LogP contribution in [0.1, 0.15) is 28.9 Å². The SMILES string of the molecule is O=C(c1ccc(Cl)nn1)N(Cc1ccsc1)C1CC1. The van der Waals surface area contributed by atoms with Gasteiger partial charge < -0.3 is 4.90 Å². The fraction of sp³-hybridized carbons (Fsp3) is 0.308. The number of hydrogen-bond acceptors (Lipinski definition) is 4. The Bertz CT molecular complexity index is 566. The van der Waals surface area contributed by atoms with Gasteiger partial charge in [-0.3, -0.25) is 4.79 Å². The van der Waals surface area contributed by atoms with Crippen LogP contribution in [0.4, 0.5) is 0 Å². The molecule has 0 N–H and O–H groups in total. The molecule has 0 unspecified atom stereocenters. The van der Waals surface area contributed by atoms with Gasteiger partial charge in [-0.15, -0.1) is 10.2 Å². The summed E-state index contributed by atoms with van der Waals surface area (Å²) < 4.78 is 0. The van der Waals surface area contributed by atoms with E-state index in [-0.39, 0.29) is 5.91 Å². The summed E-state index contributed by atoms with van der Waals surface area (Å²) in [5, 5.41) is 12.0. The zero-order chi connectivity index (χ0) is 13.2. The lowest BCUT2D eigenvalue weighted by Gasteiger charge is -2.21. The Kier molecular flexibility index (Phi) is 3.48.